The molecule has 2 N–H and O–H groups in total. The highest BCUT2D eigenvalue weighted by atomic mass is 16.5. The Labute approximate surface area is 143 Å². The Morgan fingerprint density at radius 3 is 3.04 bits per heavy atom. The smallest absolute Gasteiger partial charge is 0.198 e. The lowest BCUT2D eigenvalue weighted by Gasteiger charge is -2.08. The minimum atomic E-state index is 0.492. The predicted molar refractivity (Wildman–Crippen MR) is 91.5 cm³/mol. The average Bonchev–Trinajstić information content (AvgIpc) is 3.35. The third kappa shape index (κ3) is 2.85. The summed E-state index contributed by atoms with van der Waals surface area (Å²) in [6, 6.07) is 3.62. The van der Waals surface area contributed by atoms with E-state index in [0.29, 0.717) is 36.1 Å². The molecule has 4 aromatic heterocycles. The molecule has 0 spiro atoms. The van der Waals surface area contributed by atoms with Crippen molar-refractivity contribution in [3.05, 3.63) is 36.5 Å². The van der Waals surface area contributed by atoms with Gasteiger partial charge in [-0.15, -0.1) is 0 Å². The molecule has 0 bridgehead atoms. The molecule has 0 aliphatic rings. The van der Waals surface area contributed by atoms with Crippen molar-refractivity contribution in [1.29, 1.82) is 0 Å². The summed E-state index contributed by atoms with van der Waals surface area (Å²) in [5.41, 5.74) is 3.27. The summed E-state index contributed by atoms with van der Waals surface area (Å²) in [5, 5.41) is 14.7. The van der Waals surface area contributed by atoms with Crippen molar-refractivity contribution in [2.45, 2.75) is 13.5 Å². The van der Waals surface area contributed by atoms with E-state index in [2.05, 4.69) is 30.6 Å². The first kappa shape index (κ1) is 15.3. The molecule has 0 aliphatic carbocycles. The number of methoxy groups -OCH3 is 1. The fourth-order valence-electron chi connectivity index (χ4n) is 2.55. The van der Waals surface area contributed by atoms with Crippen molar-refractivity contribution in [2.24, 2.45) is 0 Å². The summed E-state index contributed by atoms with van der Waals surface area (Å²) < 4.78 is 12.4. The number of ether oxygens (including phenoxy) is 1. The van der Waals surface area contributed by atoms with Gasteiger partial charge in [0.05, 0.1) is 43.2 Å². The number of H-pyrrole nitrogens is 1. The third-order valence-electron chi connectivity index (χ3n) is 3.91. The molecule has 9 nitrogen and oxygen atoms in total. The number of hydrogen-bond acceptors (Lipinski definition) is 7. The van der Waals surface area contributed by atoms with E-state index < -0.39 is 0 Å². The topological polar surface area (TPSA) is 107 Å². The van der Waals surface area contributed by atoms with Crippen molar-refractivity contribution in [2.75, 3.05) is 19.0 Å². The highest BCUT2D eigenvalue weighted by Gasteiger charge is 2.15. The summed E-state index contributed by atoms with van der Waals surface area (Å²) in [7, 11) is 1.67. The van der Waals surface area contributed by atoms with Crippen LogP contribution < -0.4 is 5.32 Å². The molecule has 0 aliphatic heterocycles. The first-order chi connectivity index (χ1) is 12.3. The maximum atomic E-state index is 5.41. The van der Waals surface area contributed by atoms with Crippen molar-refractivity contribution in [1.82, 2.24) is 29.9 Å². The van der Waals surface area contributed by atoms with Crippen LogP contribution in [-0.4, -0.2) is 43.7 Å². The minimum absolute atomic E-state index is 0.492. The van der Waals surface area contributed by atoms with E-state index in [9.17, 15) is 0 Å². The van der Waals surface area contributed by atoms with Gasteiger partial charge in [-0.2, -0.15) is 10.2 Å². The van der Waals surface area contributed by atoms with Crippen LogP contribution >= 0.6 is 0 Å². The molecular formula is C16H17N7O2. The summed E-state index contributed by atoms with van der Waals surface area (Å²) in [4.78, 5) is 9.05. The van der Waals surface area contributed by atoms with E-state index >= 15 is 0 Å². The van der Waals surface area contributed by atoms with Crippen molar-refractivity contribution in [3.63, 3.8) is 0 Å². The number of fused-ring (bicyclic) bond motifs is 1. The van der Waals surface area contributed by atoms with E-state index in [1.165, 1.54) is 0 Å². The first-order valence-electron chi connectivity index (χ1n) is 7.79. The third-order valence-corrected chi connectivity index (χ3v) is 3.91. The molecule has 0 atom stereocenters. The van der Waals surface area contributed by atoms with Gasteiger partial charge >= 0.3 is 0 Å². The number of aromatic nitrogens is 6. The molecule has 9 heteroatoms. The number of nitrogens with one attached hydrogen (secondary N) is 2. The zero-order valence-electron chi connectivity index (χ0n) is 13.9. The fourth-order valence-corrected chi connectivity index (χ4v) is 2.55. The van der Waals surface area contributed by atoms with Crippen molar-refractivity contribution >= 4 is 22.5 Å². The standard InChI is InChI=1S/C16H17N7O2/c1-10-11(9-18-23(10)5-7-24-2)19-16-14-12(8-17-22-14)20-15(21-16)13-4-3-6-25-13/h3-4,6,8-9H,5,7H2,1-2H3,(H,17,22)(H,19,20,21). The molecule has 4 rings (SSSR count). The summed E-state index contributed by atoms with van der Waals surface area (Å²) in [6.07, 6.45) is 5.01. The van der Waals surface area contributed by atoms with Gasteiger partial charge < -0.3 is 14.5 Å². The monoisotopic (exact) mass is 339 g/mol. The molecule has 0 radical (unpaired) electrons. The first-order valence-corrected chi connectivity index (χ1v) is 7.79. The molecule has 0 aromatic carbocycles. The van der Waals surface area contributed by atoms with Gasteiger partial charge in [0.1, 0.15) is 11.0 Å². The highest BCUT2D eigenvalue weighted by Crippen LogP contribution is 2.27. The maximum Gasteiger partial charge on any atom is 0.198 e. The molecule has 0 unspecified atom stereocenters. The van der Waals surface area contributed by atoms with Crippen LogP contribution in [0.2, 0.25) is 0 Å². The lowest BCUT2D eigenvalue weighted by Crippen LogP contribution is -2.07. The number of anilines is 2. The Morgan fingerprint density at radius 2 is 2.24 bits per heavy atom. The molecule has 4 heterocycles. The molecule has 25 heavy (non-hydrogen) atoms. The van der Waals surface area contributed by atoms with E-state index in [1.54, 1.807) is 31.8 Å². The van der Waals surface area contributed by atoms with Gasteiger partial charge in [-0.05, 0) is 19.1 Å². The van der Waals surface area contributed by atoms with Crippen LogP contribution in [-0.2, 0) is 11.3 Å². The quantitative estimate of drug-likeness (QED) is 0.556. The average molecular weight is 339 g/mol. The number of nitrogens with zero attached hydrogens (tertiary/aromatic N) is 5. The van der Waals surface area contributed by atoms with Gasteiger partial charge in [0, 0.05) is 7.11 Å². The van der Waals surface area contributed by atoms with Crippen molar-refractivity contribution in [3.8, 4) is 11.6 Å². The molecule has 128 valence electrons. The van der Waals surface area contributed by atoms with Crippen molar-refractivity contribution < 1.29 is 9.15 Å². The molecule has 0 amide bonds. The number of rotatable bonds is 6. The number of aromatic amines is 1. The Bertz CT molecular complexity index is 987. The summed E-state index contributed by atoms with van der Waals surface area (Å²) in [5.74, 6) is 1.70. The van der Waals surface area contributed by atoms with Crippen LogP contribution in [0.5, 0.6) is 0 Å². The second-order valence-electron chi connectivity index (χ2n) is 5.49. The SMILES string of the molecule is COCCn1ncc(Nc2nc(-c3ccco3)nc3cn[nH]c23)c1C. The fraction of sp³-hybridized carbons (Fsp3) is 0.250. The van der Waals surface area contributed by atoms with Gasteiger partial charge in [0.15, 0.2) is 17.4 Å². The minimum Gasteiger partial charge on any atom is -0.461 e. The predicted octanol–water partition coefficient (Wildman–Crippen LogP) is 2.51. The number of furan rings is 1. The van der Waals surface area contributed by atoms with E-state index in [4.69, 9.17) is 9.15 Å². The van der Waals surface area contributed by atoms with Gasteiger partial charge in [-0.25, -0.2) is 9.97 Å². The second-order valence-corrected chi connectivity index (χ2v) is 5.49. The highest BCUT2D eigenvalue weighted by molar-refractivity contribution is 5.88. The van der Waals surface area contributed by atoms with Gasteiger partial charge in [0.25, 0.3) is 0 Å². The molecule has 0 fully saturated rings. The Balaban J connectivity index is 1.72. The summed E-state index contributed by atoms with van der Waals surface area (Å²) >= 11 is 0. The zero-order valence-corrected chi connectivity index (χ0v) is 13.9. The van der Waals surface area contributed by atoms with Gasteiger partial charge in [-0.1, -0.05) is 0 Å². The van der Waals surface area contributed by atoms with E-state index in [0.717, 1.165) is 16.9 Å². The summed E-state index contributed by atoms with van der Waals surface area (Å²) in [6.45, 7) is 3.28. The lowest BCUT2D eigenvalue weighted by atomic mass is 10.3. The molecule has 4 aromatic rings. The Morgan fingerprint density at radius 1 is 1.32 bits per heavy atom. The number of hydrogen-bond donors (Lipinski definition) is 2. The van der Waals surface area contributed by atoms with Gasteiger partial charge in [-0.3, -0.25) is 9.78 Å². The van der Waals surface area contributed by atoms with Crippen LogP contribution in [0.25, 0.3) is 22.6 Å². The van der Waals surface area contributed by atoms with Crippen LogP contribution in [0.3, 0.4) is 0 Å². The van der Waals surface area contributed by atoms with E-state index in [1.807, 2.05) is 17.7 Å². The molecule has 0 saturated heterocycles. The van der Waals surface area contributed by atoms with Crippen LogP contribution in [0.1, 0.15) is 5.69 Å². The largest absolute Gasteiger partial charge is 0.461 e. The van der Waals surface area contributed by atoms with Crippen LogP contribution in [0.15, 0.2) is 35.2 Å². The van der Waals surface area contributed by atoms with Crippen LogP contribution in [0, 0.1) is 6.92 Å². The van der Waals surface area contributed by atoms with E-state index in [-0.39, 0.29) is 0 Å². The maximum absolute atomic E-state index is 5.41. The lowest BCUT2D eigenvalue weighted by molar-refractivity contribution is 0.183. The van der Waals surface area contributed by atoms with Gasteiger partial charge in [0.2, 0.25) is 0 Å². The Kier molecular flexibility index (Phi) is 3.90. The molecular weight excluding hydrogens is 322 g/mol. The zero-order chi connectivity index (χ0) is 17.2. The normalized spacial score (nSPS) is 11.3. The Hall–Kier alpha value is -3.20. The molecule has 0 saturated carbocycles. The van der Waals surface area contributed by atoms with Crippen LogP contribution in [0.4, 0.5) is 11.5 Å². The second kappa shape index (κ2) is 6.36.